The average molecular weight is 644 g/mol. The van der Waals surface area contributed by atoms with Gasteiger partial charge in [-0.2, -0.15) is 15.2 Å². The predicted molar refractivity (Wildman–Crippen MR) is 171 cm³/mol. The number of carbonyl (C=O) groups is 1. The summed E-state index contributed by atoms with van der Waals surface area (Å²) in [7, 11) is 0. The van der Waals surface area contributed by atoms with Gasteiger partial charge in [0.05, 0.1) is 29.2 Å². The highest BCUT2D eigenvalue weighted by Gasteiger charge is 2.50. The zero-order valence-corrected chi connectivity index (χ0v) is 25.9. The standard InChI is InChI=1S/C34H32ClF2N7O2/c1-21(36)31(45)44-13-11-39-19-34(44,9-10-38)30-25-7-6-22(26-17-40-16-23-4-2-5-27(35)29(23)26)14-28(25)41-32(42-30)46-20-33-8-3-12-43(33)18-24(37)15-33/h2,4-7,14,16-17,24,39H,1,3,8-9,11-13,15,18-20H2/t24-,33+,34?/m1/s1. The number of pyridine rings is 1. The van der Waals surface area contributed by atoms with Crippen LogP contribution in [0.1, 0.15) is 31.4 Å². The Kier molecular flexibility index (Phi) is 7.83. The van der Waals surface area contributed by atoms with Crippen molar-refractivity contribution in [3.8, 4) is 23.2 Å². The molecular formula is C34H32ClF2N7O2. The normalized spacial score (nSPS) is 24.7. The van der Waals surface area contributed by atoms with Crippen molar-refractivity contribution in [3.05, 3.63) is 71.9 Å². The molecule has 9 nitrogen and oxygen atoms in total. The van der Waals surface area contributed by atoms with Crippen LogP contribution in [0, 0.1) is 11.3 Å². The number of hydrogen-bond acceptors (Lipinski definition) is 8. The molecule has 1 unspecified atom stereocenters. The number of nitrogens with one attached hydrogen (secondary N) is 1. The van der Waals surface area contributed by atoms with Crippen molar-refractivity contribution in [2.75, 3.05) is 39.3 Å². The second-order valence-electron chi connectivity index (χ2n) is 12.4. The van der Waals surface area contributed by atoms with Crippen LogP contribution in [0.4, 0.5) is 8.78 Å². The molecule has 5 heterocycles. The lowest BCUT2D eigenvalue weighted by molar-refractivity contribution is -0.137. The second-order valence-corrected chi connectivity index (χ2v) is 12.8. The van der Waals surface area contributed by atoms with E-state index in [2.05, 4.69) is 27.8 Å². The van der Waals surface area contributed by atoms with Gasteiger partial charge in [0.1, 0.15) is 18.3 Å². The number of piperazine rings is 1. The van der Waals surface area contributed by atoms with E-state index in [1.54, 1.807) is 12.4 Å². The highest BCUT2D eigenvalue weighted by Crippen LogP contribution is 2.42. The molecule has 3 fully saturated rings. The zero-order valence-electron chi connectivity index (χ0n) is 25.1. The number of rotatable bonds is 7. The summed E-state index contributed by atoms with van der Waals surface area (Å²) in [6, 6.07) is 13.5. The second kappa shape index (κ2) is 11.8. The Morgan fingerprint density at radius 1 is 1.24 bits per heavy atom. The number of carbonyl (C=O) groups excluding carboxylic acids is 1. The van der Waals surface area contributed by atoms with Crippen LogP contribution in [0.2, 0.25) is 5.02 Å². The third kappa shape index (κ3) is 5.05. The van der Waals surface area contributed by atoms with Crippen molar-refractivity contribution in [3.63, 3.8) is 0 Å². The van der Waals surface area contributed by atoms with Gasteiger partial charge in [-0.25, -0.2) is 8.78 Å². The number of hydrogen-bond donors (Lipinski definition) is 1. The van der Waals surface area contributed by atoms with Gasteiger partial charge in [0.2, 0.25) is 0 Å². The Bertz CT molecular complexity index is 1910. The van der Waals surface area contributed by atoms with Crippen LogP contribution in [0.5, 0.6) is 6.01 Å². The molecule has 4 aromatic rings. The Balaban J connectivity index is 1.40. The lowest BCUT2D eigenvalue weighted by Crippen LogP contribution is -2.61. The Hall–Kier alpha value is -4.24. The minimum atomic E-state index is -1.35. The van der Waals surface area contributed by atoms with E-state index in [9.17, 15) is 18.8 Å². The zero-order chi connectivity index (χ0) is 32.1. The highest BCUT2D eigenvalue weighted by atomic mass is 35.5. The molecule has 0 spiro atoms. The number of ether oxygens (including phenoxy) is 1. The molecule has 7 rings (SSSR count). The summed E-state index contributed by atoms with van der Waals surface area (Å²) in [5, 5.41) is 16.2. The number of halogens is 3. The molecule has 46 heavy (non-hydrogen) atoms. The first-order valence-corrected chi connectivity index (χ1v) is 15.7. The number of nitriles is 1. The minimum Gasteiger partial charge on any atom is -0.461 e. The van der Waals surface area contributed by atoms with E-state index >= 15 is 0 Å². The van der Waals surface area contributed by atoms with E-state index in [0.29, 0.717) is 41.1 Å². The van der Waals surface area contributed by atoms with Gasteiger partial charge in [0.15, 0.2) is 5.83 Å². The first-order chi connectivity index (χ1) is 22.2. The molecule has 2 aromatic heterocycles. The highest BCUT2D eigenvalue weighted by molar-refractivity contribution is 6.36. The summed E-state index contributed by atoms with van der Waals surface area (Å²) in [6.45, 7) is 5.31. The number of nitrogens with zero attached hydrogens (tertiary/aromatic N) is 6. The van der Waals surface area contributed by atoms with Crippen LogP contribution in [-0.2, 0) is 10.3 Å². The van der Waals surface area contributed by atoms with Crippen molar-refractivity contribution in [1.29, 1.82) is 5.26 Å². The molecule has 3 saturated heterocycles. The first kappa shape index (κ1) is 30.4. The molecule has 0 aliphatic carbocycles. The van der Waals surface area contributed by atoms with Gasteiger partial charge in [-0.1, -0.05) is 42.4 Å². The molecule has 0 radical (unpaired) electrons. The van der Waals surface area contributed by atoms with Crippen molar-refractivity contribution in [2.45, 2.75) is 42.9 Å². The Morgan fingerprint density at radius 2 is 2.11 bits per heavy atom. The van der Waals surface area contributed by atoms with E-state index in [4.69, 9.17) is 26.3 Å². The van der Waals surface area contributed by atoms with Crippen LogP contribution < -0.4 is 10.1 Å². The van der Waals surface area contributed by atoms with Crippen LogP contribution >= 0.6 is 11.6 Å². The molecule has 0 saturated carbocycles. The fourth-order valence-corrected chi connectivity index (χ4v) is 7.86. The maximum atomic E-state index is 14.5. The summed E-state index contributed by atoms with van der Waals surface area (Å²) in [5.74, 6) is -2.02. The summed E-state index contributed by atoms with van der Waals surface area (Å²) >= 11 is 6.65. The van der Waals surface area contributed by atoms with Gasteiger partial charge in [0.25, 0.3) is 5.91 Å². The molecule has 12 heteroatoms. The van der Waals surface area contributed by atoms with E-state index in [-0.39, 0.29) is 32.1 Å². The number of alkyl halides is 1. The fraction of sp³-hybridized carbons (Fsp3) is 0.382. The van der Waals surface area contributed by atoms with Gasteiger partial charge < -0.3 is 15.0 Å². The summed E-state index contributed by atoms with van der Waals surface area (Å²) in [6.07, 6.45) is 4.52. The number of amides is 1. The molecule has 3 atom stereocenters. The van der Waals surface area contributed by atoms with Crippen LogP contribution in [0.3, 0.4) is 0 Å². The first-order valence-electron chi connectivity index (χ1n) is 15.4. The maximum absolute atomic E-state index is 14.5. The average Bonchev–Trinajstić information content (AvgIpc) is 3.58. The van der Waals surface area contributed by atoms with Crippen LogP contribution in [0.15, 0.2) is 61.2 Å². The quantitative estimate of drug-likeness (QED) is 0.264. The van der Waals surface area contributed by atoms with Crippen LogP contribution in [-0.4, -0.2) is 81.7 Å². The molecule has 1 N–H and O–H groups in total. The molecule has 0 bridgehead atoms. The summed E-state index contributed by atoms with van der Waals surface area (Å²) in [4.78, 5) is 30.8. The molecule has 236 valence electrons. The van der Waals surface area contributed by atoms with Crippen molar-refractivity contribution in [2.24, 2.45) is 0 Å². The van der Waals surface area contributed by atoms with Crippen molar-refractivity contribution >= 4 is 39.2 Å². The SMILES string of the molecule is C=C(F)C(=O)N1CCNCC1(CC#N)c1nc(OC[C@@]23CCCN2C[C@H](F)C3)nc2cc(-c3cncc4cccc(Cl)c34)ccc12. The number of aromatic nitrogens is 3. The number of benzene rings is 2. The molecule has 3 aliphatic heterocycles. The third-order valence-electron chi connectivity index (χ3n) is 9.69. The van der Waals surface area contributed by atoms with Crippen molar-refractivity contribution in [1.82, 2.24) is 30.1 Å². The van der Waals surface area contributed by atoms with Gasteiger partial charge >= 0.3 is 6.01 Å². The number of fused-ring (bicyclic) bond motifs is 3. The van der Waals surface area contributed by atoms with E-state index < -0.39 is 29.0 Å². The summed E-state index contributed by atoms with van der Waals surface area (Å²) in [5.41, 5.74) is 0.630. The molecular weight excluding hydrogens is 612 g/mol. The van der Waals surface area contributed by atoms with Gasteiger partial charge in [-0.3, -0.25) is 14.7 Å². The Labute approximate surface area is 269 Å². The van der Waals surface area contributed by atoms with Crippen molar-refractivity contribution < 1.29 is 18.3 Å². The lowest BCUT2D eigenvalue weighted by atomic mass is 9.84. The fourth-order valence-electron chi connectivity index (χ4n) is 7.57. The lowest BCUT2D eigenvalue weighted by Gasteiger charge is -2.46. The summed E-state index contributed by atoms with van der Waals surface area (Å²) < 4.78 is 35.3. The molecule has 3 aliphatic rings. The third-order valence-corrected chi connectivity index (χ3v) is 10.0. The predicted octanol–water partition coefficient (Wildman–Crippen LogP) is 5.48. The van der Waals surface area contributed by atoms with E-state index in [1.165, 1.54) is 4.90 Å². The smallest absolute Gasteiger partial charge is 0.317 e. The van der Waals surface area contributed by atoms with Crippen LogP contribution in [0.25, 0.3) is 32.8 Å². The van der Waals surface area contributed by atoms with Gasteiger partial charge in [0, 0.05) is 71.7 Å². The topological polar surface area (TPSA) is 107 Å². The monoisotopic (exact) mass is 643 g/mol. The molecule has 1 amide bonds. The maximum Gasteiger partial charge on any atom is 0.317 e. The largest absolute Gasteiger partial charge is 0.461 e. The van der Waals surface area contributed by atoms with E-state index in [0.717, 1.165) is 41.3 Å². The molecule has 2 aromatic carbocycles. The van der Waals surface area contributed by atoms with E-state index in [1.807, 2.05) is 36.4 Å². The van der Waals surface area contributed by atoms with Gasteiger partial charge in [-0.05, 0) is 37.1 Å². The Morgan fingerprint density at radius 3 is 2.93 bits per heavy atom. The minimum absolute atomic E-state index is 0.0339. The van der Waals surface area contributed by atoms with Gasteiger partial charge in [-0.15, -0.1) is 0 Å².